The van der Waals surface area contributed by atoms with Crippen LogP contribution < -0.4 is 10.2 Å². The Morgan fingerprint density at radius 2 is 1.81 bits per heavy atom. The van der Waals surface area contributed by atoms with Gasteiger partial charge in [-0.1, -0.05) is 45.0 Å². The van der Waals surface area contributed by atoms with E-state index in [0.717, 1.165) is 18.8 Å². The molecule has 1 fully saturated rings. The van der Waals surface area contributed by atoms with E-state index in [1.807, 2.05) is 41.2 Å². The summed E-state index contributed by atoms with van der Waals surface area (Å²) in [6.07, 6.45) is 3.90. The van der Waals surface area contributed by atoms with Crippen LogP contribution in [0.5, 0.6) is 0 Å². The number of aryl methyl sites for hydroxylation is 2. The fourth-order valence-corrected chi connectivity index (χ4v) is 3.63. The summed E-state index contributed by atoms with van der Waals surface area (Å²) in [5, 5.41) is 7.53. The number of nitrogens with one attached hydrogen (secondary N) is 1. The van der Waals surface area contributed by atoms with Crippen molar-refractivity contribution < 1.29 is 4.79 Å². The van der Waals surface area contributed by atoms with Crippen LogP contribution in [0.15, 0.2) is 36.7 Å². The molecule has 1 aromatic heterocycles. The zero-order valence-electron chi connectivity index (χ0n) is 17.1. The van der Waals surface area contributed by atoms with Crippen LogP contribution in [0, 0.1) is 12.3 Å². The molecule has 1 aromatic carbocycles. The zero-order valence-corrected chi connectivity index (χ0v) is 17.1. The van der Waals surface area contributed by atoms with Crippen LogP contribution in [0.25, 0.3) is 0 Å². The maximum atomic E-state index is 13.0. The molecule has 2 aromatic rings. The van der Waals surface area contributed by atoms with Crippen molar-refractivity contribution in [3.63, 3.8) is 0 Å². The van der Waals surface area contributed by atoms with Crippen molar-refractivity contribution in [1.82, 2.24) is 20.0 Å². The van der Waals surface area contributed by atoms with Gasteiger partial charge in [0.05, 0.1) is 17.9 Å². The molecule has 1 aliphatic heterocycles. The number of nitrogens with zero attached hydrogens (tertiary/aromatic N) is 4. The lowest BCUT2D eigenvalue weighted by Crippen LogP contribution is -2.53. The number of hydrogen-bond acceptors (Lipinski definition) is 3. The quantitative estimate of drug-likeness (QED) is 0.903. The normalized spacial score (nSPS) is 16.3. The van der Waals surface area contributed by atoms with Crippen LogP contribution in [0.2, 0.25) is 0 Å². The maximum absolute atomic E-state index is 13.0. The highest BCUT2D eigenvalue weighted by Crippen LogP contribution is 2.34. The number of piperazine rings is 1. The molecule has 146 valence electrons. The Labute approximate surface area is 162 Å². The largest absolute Gasteiger partial charge is 0.365 e. The molecule has 3 rings (SSSR count). The second kappa shape index (κ2) is 7.62. The topological polar surface area (TPSA) is 53.4 Å². The lowest BCUT2D eigenvalue weighted by molar-refractivity contribution is 0.176. The van der Waals surface area contributed by atoms with Gasteiger partial charge in [0.2, 0.25) is 0 Å². The van der Waals surface area contributed by atoms with Crippen molar-refractivity contribution in [2.24, 2.45) is 12.5 Å². The Bertz CT molecular complexity index is 784. The van der Waals surface area contributed by atoms with Gasteiger partial charge in [0.15, 0.2) is 0 Å². The van der Waals surface area contributed by atoms with E-state index < -0.39 is 0 Å². The third-order valence-corrected chi connectivity index (χ3v) is 5.26. The number of carbonyl (C=O) groups excluding carboxylic acids is 1. The van der Waals surface area contributed by atoms with Crippen molar-refractivity contribution in [3.05, 3.63) is 47.8 Å². The van der Waals surface area contributed by atoms with Crippen molar-refractivity contribution >= 4 is 11.7 Å². The molecule has 6 nitrogen and oxygen atoms in total. The van der Waals surface area contributed by atoms with E-state index in [1.54, 1.807) is 0 Å². The summed E-state index contributed by atoms with van der Waals surface area (Å²) < 4.78 is 1.81. The van der Waals surface area contributed by atoms with Gasteiger partial charge in [-0.05, 0) is 23.5 Å². The fraction of sp³-hybridized carbons (Fsp3) is 0.524. The maximum Gasteiger partial charge on any atom is 0.318 e. The number of urea groups is 1. The minimum absolute atomic E-state index is 0.0176. The summed E-state index contributed by atoms with van der Waals surface area (Å²) in [4.78, 5) is 17.2. The van der Waals surface area contributed by atoms with Crippen LogP contribution in [0.3, 0.4) is 0 Å². The Balaban J connectivity index is 1.66. The monoisotopic (exact) mass is 369 g/mol. The summed E-state index contributed by atoms with van der Waals surface area (Å²) in [6, 6.07) is 8.29. The second-order valence-electron chi connectivity index (χ2n) is 8.45. The molecule has 0 spiro atoms. The minimum atomic E-state index is -0.0701. The summed E-state index contributed by atoms with van der Waals surface area (Å²) in [6.45, 7) is 11.7. The Morgan fingerprint density at radius 3 is 2.37 bits per heavy atom. The lowest BCUT2D eigenvalue weighted by atomic mass is 9.81. The van der Waals surface area contributed by atoms with E-state index in [9.17, 15) is 4.79 Å². The van der Waals surface area contributed by atoms with Crippen molar-refractivity contribution in [3.8, 4) is 0 Å². The van der Waals surface area contributed by atoms with Gasteiger partial charge in [-0.25, -0.2) is 4.79 Å². The van der Waals surface area contributed by atoms with Gasteiger partial charge in [0.1, 0.15) is 0 Å². The number of aromatic nitrogens is 2. The molecule has 0 radical (unpaired) electrons. The summed E-state index contributed by atoms with van der Waals surface area (Å²) >= 11 is 0. The highest BCUT2D eigenvalue weighted by atomic mass is 16.2. The lowest BCUT2D eigenvalue weighted by Gasteiger charge is -2.38. The van der Waals surface area contributed by atoms with Crippen LogP contribution >= 0.6 is 0 Å². The van der Waals surface area contributed by atoms with Gasteiger partial charge in [0, 0.05) is 39.4 Å². The first-order valence-corrected chi connectivity index (χ1v) is 9.60. The molecule has 0 bridgehead atoms. The summed E-state index contributed by atoms with van der Waals surface area (Å²) in [5.74, 6) is 0. The van der Waals surface area contributed by atoms with Gasteiger partial charge in [0.25, 0.3) is 0 Å². The van der Waals surface area contributed by atoms with E-state index in [1.165, 1.54) is 11.1 Å². The Kier molecular flexibility index (Phi) is 5.44. The van der Waals surface area contributed by atoms with E-state index in [0.29, 0.717) is 13.1 Å². The molecule has 2 amide bonds. The Morgan fingerprint density at radius 1 is 1.15 bits per heavy atom. The molecule has 0 saturated carbocycles. The van der Waals surface area contributed by atoms with Crippen molar-refractivity contribution in [2.75, 3.05) is 31.1 Å². The zero-order chi connectivity index (χ0) is 19.6. The third-order valence-electron chi connectivity index (χ3n) is 5.26. The van der Waals surface area contributed by atoms with Crippen molar-refractivity contribution in [2.45, 2.75) is 33.7 Å². The van der Waals surface area contributed by atoms with Crippen LogP contribution in [-0.2, 0) is 7.05 Å². The number of rotatable bonds is 3. The molecule has 1 N–H and O–H groups in total. The Hall–Kier alpha value is -2.50. The first-order valence-electron chi connectivity index (χ1n) is 9.60. The molecular formula is C21H31N5O. The molecule has 6 heteroatoms. The van der Waals surface area contributed by atoms with Gasteiger partial charge in [-0.3, -0.25) is 4.68 Å². The highest BCUT2D eigenvalue weighted by Gasteiger charge is 2.31. The fourth-order valence-electron chi connectivity index (χ4n) is 3.63. The molecular weight excluding hydrogens is 338 g/mol. The summed E-state index contributed by atoms with van der Waals surface area (Å²) in [5.41, 5.74) is 3.44. The smallest absolute Gasteiger partial charge is 0.318 e. The summed E-state index contributed by atoms with van der Waals surface area (Å²) in [7, 11) is 1.92. The number of amides is 2. The molecule has 2 heterocycles. The van der Waals surface area contributed by atoms with Crippen LogP contribution in [-0.4, -0.2) is 46.9 Å². The average molecular weight is 370 g/mol. The predicted octanol–water partition coefficient (Wildman–Crippen LogP) is 3.35. The predicted molar refractivity (Wildman–Crippen MR) is 109 cm³/mol. The van der Waals surface area contributed by atoms with E-state index in [2.05, 4.69) is 55.1 Å². The van der Waals surface area contributed by atoms with E-state index >= 15 is 0 Å². The number of carbonyl (C=O) groups is 1. The SMILES string of the molecule is Cc1ccccc1[C@@H](NC(=O)N1CCN(c2cnn(C)c2)CC1)C(C)(C)C. The second-order valence-corrected chi connectivity index (χ2v) is 8.45. The van der Waals surface area contributed by atoms with Crippen molar-refractivity contribution in [1.29, 1.82) is 0 Å². The van der Waals surface area contributed by atoms with Gasteiger partial charge >= 0.3 is 6.03 Å². The molecule has 0 aliphatic carbocycles. The molecule has 1 saturated heterocycles. The first-order chi connectivity index (χ1) is 12.8. The van der Waals surface area contributed by atoms with Gasteiger partial charge < -0.3 is 15.1 Å². The van der Waals surface area contributed by atoms with Crippen LogP contribution in [0.4, 0.5) is 10.5 Å². The van der Waals surface area contributed by atoms with Gasteiger partial charge in [-0.2, -0.15) is 5.10 Å². The number of anilines is 1. The third kappa shape index (κ3) is 4.43. The molecule has 1 aliphatic rings. The standard InChI is InChI=1S/C21H31N5O/c1-16-8-6-7-9-18(16)19(21(2,3)4)23-20(27)26-12-10-25(11-13-26)17-14-22-24(5)15-17/h6-9,14-15,19H,10-13H2,1-5H3,(H,23,27)/t19-/m1/s1. The van der Waals surface area contributed by atoms with E-state index in [4.69, 9.17) is 0 Å². The van der Waals surface area contributed by atoms with Gasteiger partial charge in [-0.15, -0.1) is 0 Å². The number of hydrogen-bond donors (Lipinski definition) is 1. The molecule has 0 unspecified atom stereocenters. The molecule has 27 heavy (non-hydrogen) atoms. The van der Waals surface area contributed by atoms with E-state index in [-0.39, 0.29) is 17.5 Å². The minimum Gasteiger partial charge on any atom is -0.365 e. The first kappa shape index (κ1) is 19.3. The highest BCUT2D eigenvalue weighted by molar-refractivity contribution is 5.75. The average Bonchev–Trinajstić information content (AvgIpc) is 3.06. The molecule has 1 atom stereocenters. The number of benzene rings is 1. The van der Waals surface area contributed by atoms with Crippen LogP contribution in [0.1, 0.15) is 37.9 Å².